The largest absolute Gasteiger partial charge is 0.416 e. The Morgan fingerprint density at radius 3 is 2.62 bits per heavy atom. The molecule has 2 heterocycles. The van der Waals surface area contributed by atoms with E-state index in [1.54, 1.807) is 6.07 Å². The van der Waals surface area contributed by atoms with E-state index in [-0.39, 0.29) is 39.0 Å². The molecule has 0 spiro atoms. The lowest BCUT2D eigenvalue weighted by Gasteiger charge is -2.28. The average molecular weight is 532 g/mol. The molecule has 1 fully saturated rings. The van der Waals surface area contributed by atoms with Crippen LogP contribution in [-0.4, -0.2) is 48.8 Å². The van der Waals surface area contributed by atoms with Gasteiger partial charge in [0, 0.05) is 5.69 Å². The molecule has 2 aromatic carbocycles. The summed E-state index contributed by atoms with van der Waals surface area (Å²) < 4.78 is 64.4. The lowest BCUT2D eigenvalue weighted by molar-refractivity contribution is -0.137. The van der Waals surface area contributed by atoms with Crippen LogP contribution in [-0.2, 0) is 20.8 Å². The summed E-state index contributed by atoms with van der Waals surface area (Å²) in [6.45, 7) is 3.81. The number of thioether (sulfide) groups is 1. The molecule has 1 N–H and O–H groups in total. The molecule has 0 bridgehead atoms. The van der Waals surface area contributed by atoms with E-state index in [9.17, 15) is 26.4 Å². The van der Waals surface area contributed by atoms with E-state index in [0.29, 0.717) is 5.69 Å². The SMILES string of the molecule is Cc1ccc(NC(=O)CSC2=N[C@H]3CS(=O)(=O)C[C@@H]3N2c2cc(C(F)(F)F)ccc2Cl)c(C)c1. The molecule has 6 nitrogen and oxygen atoms in total. The monoisotopic (exact) mass is 531 g/mol. The van der Waals surface area contributed by atoms with E-state index >= 15 is 0 Å². The molecular formula is C22H21ClF3N3O3S2. The van der Waals surface area contributed by atoms with Crippen LogP contribution in [0.2, 0.25) is 5.02 Å². The molecule has 1 saturated heterocycles. The van der Waals surface area contributed by atoms with Crippen molar-refractivity contribution >= 4 is 55.6 Å². The molecular weight excluding hydrogens is 511 g/mol. The molecule has 2 aliphatic rings. The summed E-state index contributed by atoms with van der Waals surface area (Å²) in [7, 11) is -3.40. The first-order chi connectivity index (χ1) is 15.8. The number of hydrogen-bond acceptors (Lipinski definition) is 6. The van der Waals surface area contributed by atoms with Gasteiger partial charge in [-0.2, -0.15) is 13.2 Å². The highest BCUT2D eigenvalue weighted by atomic mass is 35.5. The highest BCUT2D eigenvalue weighted by Gasteiger charge is 2.48. The molecule has 34 heavy (non-hydrogen) atoms. The van der Waals surface area contributed by atoms with Crippen LogP contribution in [0.4, 0.5) is 24.5 Å². The Morgan fingerprint density at radius 2 is 1.94 bits per heavy atom. The molecule has 0 aromatic heterocycles. The second kappa shape index (κ2) is 9.09. The number of carbonyl (C=O) groups excluding carboxylic acids is 1. The van der Waals surface area contributed by atoms with Gasteiger partial charge >= 0.3 is 6.18 Å². The Labute approximate surface area is 204 Å². The predicted molar refractivity (Wildman–Crippen MR) is 130 cm³/mol. The molecule has 0 aliphatic carbocycles. The number of nitrogens with one attached hydrogen (secondary N) is 1. The maximum atomic E-state index is 13.3. The fourth-order valence-corrected chi connectivity index (χ4v) is 7.03. The van der Waals surface area contributed by atoms with Crippen molar-refractivity contribution in [3.8, 4) is 0 Å². The summed E-state index contributed by atoms with van der Waals surface area (Å²) in [5.41, 5.74) is 1.72. The van der Waals surface area contributed by atoms with E-state index in [1.165, 1.54) is 4.90 Å². The maximum Gasteiger partial charge on any atom is 0.416 e. The number of rotatable bonds is 4. The highest BCUT2D eigenvalue weighted by Crippen LogP contribution is 2.41. The summed E-state index contributed by atoms with van der Waals surface area (Å²) >= 11 is 7.28. The molecule has 0 unspecified atom stereocenters. The number of hydrogen-bond donors (Lipinski definition) is 1. The summed E-state index contributed by atoms with van der Waals surface area (Å²) in [6.07, 6.45) is -4.60. The number of halogens is 4. The van der Waals surface area contributed by atoms with E-state index in [4.69, 9.17) is 11.6 Å². The van der Waals surface area contributed by atoms with Gasteiger partial charge in [0.15, 0.2) is 15.0 Å². The summed E-state index contributed by atoms with van der Waals surface area (Å²) in [5.74, 6) is -0.846. The van der Waals surface area contributed by atoms with Crippen molar-refractivity contribution in [1.29, 1.82) is 0 Å². The number of carbonyl (C=O) groups is 1. The van der Waals surface area contributed by atoms with Crippen molar-refractivity contribution in [2.75, 3.05) is 27.5 Å². The lowest BCUT2D eigenvalue weighted by atomic mass is 10.1. The third-order valence-corrected chi connectivity index (χ3v) is 8.61. The minimum atomic E-state index is -4.60. The van der Waals surface area contributed by atoms with Gasteiger partial charge in [0.05, 0.1) is 45.6 Å². The standard InChI is InChI=1S/C22H21ClF3N3O3S2/c1-12-3-6-16(13(2)7-12)27-20(30)9-33-21-28-17-10-34(31,32)11-19(17)29(21)18-8-14(22(24,25)26)4-5-15(18)23/h3-8,17,19H,9-11H2,1-2H3,(H,27,30)/t17-,19-/m0/s1. The number of amides is 1. The minimum Gasteiger partial charge on any atom is -0.325 e. The van der Waals surface area contributed by atoms with Gasteiger partial charge in [-0.3, -0.25) is 9.79 Å². The summed E-state index contributed by atoms with van der Waals surface area (Å²) in [5, 5.41) is 3.11. The Hall–Kier alpha value is -2.24. The van der Waals surface area contributed by atoms with Crippen LogP contribution in [0.1, 0.15) is 16.7 Å². The van der Waals surface area contributed by atoms with Crippen molar-refractivity contribution in [1.82, 2.24) is 0 Å². The molecule has 0 saturated carbocycles. The normalized spacial score (nSPS) is 21.4. The van der Waals surface area contributed by atoms with Gasteiger partial charge in [-0.1, -0.05) is 41.1 Å². The summed E-state index contributed by atoms with van der Waals surface area (Å²) in [4.78, 5) is 18.5. The molecule has 12 heteroatoms. The predicted octanol–water partition coefficient (Wildman–Crippen LogP) is 4.69. The van der Waals surface area contributed by atoms with Gasteiger partial charge in [-0.15, -0.1) is 0 Å². The van der Waals surface area contributed by atoms with E-state index in [1.807, 2.05) is 26.0 Å². The van der Waals surface area contributed by atoms with Gasteiger partial charge in [0.2, 0.25) is 5.91 Å². The Morgan fingerprint density at radius 1 is 1.21 bits per heavy atom. The van der Waals surface area contributed by atoms with Crippen LogP contribution in [0.25, 0.3) is 0 Å². The van der Waals surface area contributed by atoms with Gasteiger partial charge < -0.3 is 10.2 Å². The number of sulfone groups is 1. The number of benzene rings is 2. The first-order valence-corrected chi connectivity index (χ1v) is 13.5. The lowest BCUT2D eigenvalue weighted by Crippen LogP contribution is -2.39. The molecule has 0 radical (unpaired) electrons. The molecule has 2 aromatic rings. The Balaban J connectivity index is 1.59. The number of aliphatic imine (C=N–C) groups is 1. The van der Waals surface area contributed by atoms with Gasteiger partial charge in [-0.25, -0.2) is 8.42 Å². The van der Waals surface area contributed by atoms with Crippen LogP contribution >= 0.6 is 23.4 Å². The zero-order valence-electron chi connectivity index (χ0n) is 18.2. The van der Waals surface area contributed by atoms with Crippen LogP contribution in [0, 0.1) is 13.8 Å². The maximum absolute atomic E-state index is 13.3. The average Bonchev–Trinajstić information content (AvgIpc) is 3.19. The van der Waals surface area contributed by atoms with Gasteiger partial charge in [-0.05, 0) is 43.7 Å². The third-order valence-electron chi connectivity index (χ3n) is 5.63. The third kappa shape index (κ3) is 5.21. The Bertz CT molecular complexity index is 1280. The number of anilines is 2. The zero-order valence-corrected chi connectivity index (χ0v) is 20.6. The van der Waals surface area contributed by atoms with Crippen LogP contribution in [0.5, 0.6) is 0 Å². The molecule has 1 amide bonds. The van der Waals surface area contributed by atoms with Gasteiger partial charge in [0.1, 0.15) is 0 Å². The second-order valence-electron chi connectivity index (χ2n) is 8.31. The number of amidine groups is 1. The van der Waals surface area contributed by atoms with Gasteiger partial charge in [0.25, 0.3) is 0 Å². The second-order valence-corrected chi connectivity index (χ2v) is 11.8. The van der Waals surface area contributed by atoms with Crippen LogP contribution < -0.4 is 10.2 Å². The number of aryl methyl sites for hydroxylation is 2. The van der Waals surface area contributed by atoms with Crippen molar-refractivity contribution in [3.05, 3.63) is 58.1 Å². The van der Waals surface area contributed by atoms with E-state index in [2.05, 4.69) is 10.3 Å². The smallest absolute Gasteiger partial charge is 0.325 e. The fraction of sp³-hybridized carbons (Fsp3) is 0.364. The van der Waals surface area contributed by atoms with E-state index in [0.717, 1.165) is 41.1 Å². The minimum absolute atomic E-state index is 0.0159. The molecule has 2 atom stereocenters. The molecule has 2 aliphatic heterocycles. The summed E-state index contributed by atoms with van der Waals surface area (Å²) in [6, 6.07) is 7.17. The van der Waals surface area contributed by atoms with Crippen molar-refractivity contribution in [2.45, 2.75) is 32.1 Å². The molecule has 182 valence electrons. The topological polar surface area (TPSA) is 78.8 Å². The number of alkyl halides is 3. The van der Waals surface area contributed by atoms with Crippen molar-refractivity contribution in [3.63, 3.8) is 0 Å². The molecule has 4 rings (SSSR count). The zero-order chi connectivity index (χ0) is 24.8. The highest BCUT2D eigenvalue weighted by molar-refractivity contribution is 8.14. The Kier molecular flexibility index (Phi) is 6.65. The van der Waals surface area contributed by atoms with Crippen molar-refractivity contribution < 1.29 is 26.4 Å². The van der Waals surface area contributed by atoms with Crippen molar-refractivity contribution in [2.24, 2.45) is 4.99 Å². The van der Waals surface area contributed by atoms with E-state index < -0.39 is 33.7 Å². The van der Waals surface area contributed by atoms with Crippen LogP contribution in [0.3, 0.4) is 0 Å². The number of fused-ring (bicyclic) bond motifs is 1. The first kappa shape index (κ1) is 24.9. The first-order valence-electron chi connectivity index (χ1n) is 10.3. The quantitative estimate of drug-likeness (QED) is 0.619. The number of nitrogens with zero attached hydrogens (tertiary/aromatic N) is 2. The van der Waals surface area contributed by atoms with Crippen LogP contribution in [0.15, 0.2) is 41.4 Å². The fourth-order valence-electron chi connectivity index (χ4n) is 4.06.